The number of hydrogen-bond donors (Lipinski definition) is 1. The van der Waals surface area contributed by atoms with Crippen molar-refractivity contribution in [1.82, 2.24) is 9.97 Å². The Morgan fingerprint density at radius 3 is 2.30 bits per heavy atom. The van der Waals surface area contributed by atoms with E-state index in [2.05, 4.69) is 42.6 Å². The molecule has 3 nitrogen and oxygen atoms in total. The van der Waals surface area contributed by atoms with Crippen LogP contribution in [0.3, 0.4) is 0 Å². The molecule has 3 rings (SSSR count). The van der Waals surface area contributed by atoms with Crippen molar-refractivity contribution in [2.45, 2.75) is 45.3 Å². The minimum Gasteiger partial charge on any atom is -0.369 e. The molecule has 1 N–H and O–H groups in total. The lowest BCUT2D eigenvalue weighted by Crippen LogP contribution is -2.49. The summed E-state index contributed by atoms with van der Waals surface area (Å²) < 4.78 is 19.9. The van der Waals surface area contributed by atoms with Crippen LogP contribution in [0.15, 0.2) is 54.9 Å². The van der Waals surface area contributed by atoms with E-state index in [1.54, 1.807) is 12.1 Å². The molecule has 0 saturated carbocycles. The minimum atomic E-state index is -1.71. The molecule has 1 atom stereocenters. The maximum Gasteiger partial charge on any atom is 0.123 e. The number of halogens is 1. The molecule has 1 aromatic carbocycles. The zero-order valence-electron chi connectivity index (χ0n) is 16.6. The van der Waals surface area contributed by atoms with Gasteiger partial charge in [0.05, 0.1) is 25.6 Å². The summed E-state index contributed by atoms with van der Waals surface area (Å²) >= 11 is 0. The van der Waals surface area contributed by atoms with Gasteiger partial charge >= 0.3 is 0 Å². The number of pyridine rings is 1. The van der Waals surface area contributed by atoms with Crippen molar-refractivity contribution in [2.75, 3.05) is 0 Å². The fraction of sp³-hybridized carbons (Fsp3) is 0.318. The largest absolute Gasteiger partial charge is 0.369 e. The van der Waals surface area contributed by atoms with Crippen LogP contribution in [0.5, 0.6) is 0 Å². The van der Waals surface area contributed by atoms with E-state index in [0.717, 1.165) is 28.1 Å². The van der Waals surface area contributed by atoms with Gasteiger partial charge < -0.3 is 9.72 Å². The van der Waals surface area contributed by atoms with Gasteiger partial charge in [0.15, 0.2) is 0 Å². The first-order chi connectivity index (χ1) is 12.7. The van der Waals surface area contributed by atoms with Crippen LogP contribution in [0.25, 0.3) is 11.3 Å². The average molecular weight is 383 g/mol. The molecular formula is C22H27FN2OSi. The smallest absolute Gasteiger partial charge is 0.123 e. The molecular weight excluding hydrogens is 355 g/mol. The molecule has 0 saturated heterocycles. The van der Waals surface area contributed by atoms with Crippen LogP contribution in [0.4, 0.5) is 4.39 Å². The van der Waals surface area contributed by atoms with Crippen molar-refractivity contribution in [3.63, 3.8) is 0 Å². The van der Waals surface area contributed by atoms with Crippen molar-refractivity contribution in [3.05, 3.63) is 77.5 Å². The molecule has 0 aliphatic rings. The third kappa shape index (κ3) is 4.04. The molecule has 27 heavy (non-hydrogen) atoms. The number of aromatic nitrogens is 2. The molecule has 0 spiro atoms. The van der Waals surface area contributed by atoms with Crippen LogP contribution in [-0.4, -0.2) is 18.0 Å². The number of nitrogens with zero attached hydrogens (tertiary/aromatic N) is 1. The highest BCUT2D eigenvalue weighted by atomic mass is 28.3. The topological polar surface area (TPSA) is 37.9 Å². The van der Waals surface area contributed by atoms with Gasteiger partial charge in [-0.3, -0.25) is 4.98 Å². The van der Waals surface area contributed by atoms with Crippen LogP contribution >= 0.6 is 0 Å². The lowest BCUT2D eigenvalue weighted by atomic mass is 10.1. The molecule has 2 heterocycles. The molecule has 142 valence electrons. The number of aryl methyl sites for hydroxylation is 1. The first-order valence-corrected chi connectivity index (χ1v) is 12.7. The van der Waals surface area contributed by atoms with Crippen molar-refractivity contribution in [3.8, 4) is 11.3 Å². The van der Waals surface area contributed by atoms with E-state index in [-0.39, 0.29) is 11.0 Å². The molecule has 3 aromatic rings. The van der Waals surface area contributed by atoms with Crippen LogP contribution in [0, 0.1) is 12.7 Å². The predicted molar refractivity (Wildman–Crippen MR) is 111 cm³/mol. The molecule has 2 aromatic heterocycles. The van der Waals surface area contributed by atoms with E-state index < -0.39 is 8.07 Å². The summed E-state index contributed by atoms with van der Waals surface area (Å²) in [7, 11) is -1.71. The van der Waals surface area contributed by atoms with Gasteiger partial charge in [-0.1, -0.05) is 19.6 Å². The fourth-order valence-electron chi connectivity index (χ4n) is 3.26. The Bertz CT molecular complexity index is 900. The molecule has 0 radical (unpaired) electrons. The molecule has 0 fully saturated rings. The van der Waals surface area contributed by atoms with Gasteiger partial charge in [-0.2, -0.15) is 0 Å². The van der Waals surface area contributed by atoms with E-state index in [1.807, 2.05) is 31.5 Å². The first-order valence-electron chi connectivity index (χ1n) is 9.19. The zero-order chi connectivity index (χ0) is 19.7. The van der Waals surface area contributed by atoms with E-state index >= 15 is 0 Å². The van der Waals surface area contributed by atoms with Crippen molar-refractivity contribution < 1.29 is 9.13 Å². The summed E-state index contributed by atoms with van der Waals surface area (Å²) in [6.07, 6.45) is 3.64. The Morgan fingerprint density at radius 2 is 1.70 bits per heavy atom. The second-order valence-electron chi connectivity index (χ2n) is 8.17. The van der Waals surface area contributed by atoms with Crippen LogP contribution in [-0.2, 0) is 16.6 Å². The van der Waals surface area contributed by atoms with E-state index in [4.69, 9.17) is 4.74 Å². The SMILES string of the molecule is Cc1cc(COC(C)(c2ccncc2)[Si](C)(C)C)c(-c2ccc(F)cc2)[nH]1. The number of ether oxygens (including phenoxy) is 1. The standard InChI is InChI=1S/C22H27FN2OSi/c1-16-14-18(21(25-16)17-6-8-20(23)9-7-17)15-26-22(2,27(3,4)5)19-10-12-24-13-11-19/h6-14,25H,15H2,1-5H3. The Morgan fingerprint density at radius 1 is 1.07 bits per heavy atom. The van der Waals surface area contributed by atoms with Crippen molar-refractivity contribution in [2.24, 2.45) is 0 Å². The molecule has 0 aliphatic carbocycles. The van der Waals surface area contributed by atoms with Gasteiger partial charge in [0.1, 0.15) is 5.82 Å². The maximum atomic E-state index is 13.3. The number of benzene rings is 1. The van der Waals surface area contributed by atoms with Crippen molar-refractivity contribution in [1.29, 1.82) is 0 Å². The lowest BCUT2D eigenvalue weighted by molar-refractivity contribution is 0.00779. The molecule has 0 bridgehead atoms. The molecule has 1 unspecified atom stereocenters. The Hall–Kier alpha value is -2.24. The quantitative estimate of drug-likeness (QED) is 0.544. The van der Waals surface area contributed by atoms with Gasteiger partial charge in [0, 0.05) is 23.7 Å². The summed E-state index contributed by atoms with van der Waals surface area (Å²) in [6.45, 7) is 11.6. The summed E-state index contributed by atoms with van der Waals surface area (Å²) in [6, 6.07) is 12.8. The second kappa shape index (κ2) is 7.41. The van der Waals surface area contributed by atoms with Crippen LogP contribution < -0.4 is 0 Å². The highest BCUT2D eigenvalue weighted by molar-refractivity contribution is 6.78. The normalized spacial score (nSPS) is 14.1. The average Bonchev–Trinajstić information content (AvgIpc) is 3.01. The van der Waals surface area contributed by atoms with Gasteiger partial charge in [-0.15, -0.1) is 0 Å². The Balaban J connectivity index is 1.92. The first kappa shape index (κ1) is 19.5. The third-order valence-electron chi connectivity index (χ3n) is 5.35. The number of aromatic amines is 1. The maximum absolute atomic E-state index is 13.3. The van der Waals surface area contributed by atoms with E-state index in [9.17, 15) is 4.39 Å². The number of hydrogen-bond acceptors (Lipinski definition) is 2. The highest BCUT2D eigenvalue weighted by Crippen LogP contribution is 2.37. The lowest BCUT2D eigenvalue weighted by Gasteiger charge is -2.41. The third-order valence-corrected chi connectivity index (χ3v) is 8.64. The Labute approximate surface area is 161 Å². The fourth-order valence-corrected chi connectivity index (χ4v) is 4.80. The van der Waals surface area contributed by atoms with Gasteiger partial charge in [-0.25, -0.2) is 4.39 Å². The highest BCUT2D eigenvalue weighted by Gasteiger charge is 2.42. The Kier molecular flexibility index (Phi) is 5.35. The number of H-pyrrole nitrogens is 1. The monoisotopic (exact) mass is 382 g/mol. The van der Waals surface area contributed by atoms with Gasteiger partial charge in [0.2, 0.25) is 0 Å². The summed E-state index contributed by atoms with van der Waals surface area (Å²) in [5, 5.41) is -0.346. The summed E-state index contributed by atoms with van der Waals surface area (Å²) in [4.78, 5) is 7.54. The molecule has 0 amide bonds. The van der Waals surface area contributed by atoms with Crippen LogP contribution in [0.2, 0.25) is 19.6 Å². The number of nitrogens with one attached hydrogen (secondary N) is 1. The summed E-state index contributed by atoms with van der Waals surface area (Å²) in [5.41, 5.74) is 5.25. The van der Waals surface area contributed by atoms with Crippen LogP contribution in [0.1, 0.15) is 23.7 Å². The van der Waals surface area contributed by atoms with Gasteiger partial charge in [-0.05, 0) is 67.4 Å². The molecule has 0 aliphatic heterocycles. The summed E-state index contributed by atoms with van der Waals surface area (Å²) in [5.74, 6) is -0.233. The minimum absolute atomic E-state index is 0.233. The second-order valence-corrected chi connectivity index (χ2v) is 13.6. The number of rotatable bonds is 6. The predicted octanol–water partition coefficient (Wildman–Crippen LogP) is 5.83. The molecule has 5 heteroatoms. The van der Waals surface area contributed by atoms with E-state index in [0.29, 0.717) is 6.61 Å². The zero-order valence-corrected chi connectivity index (χ0v) is 17.6. The van der Waals surface area contributed by atoms with Gasteiger partial charge in [0.25, 0.3) is 0 Å². The van der Waals surface area contributed by atoms with E-state index in [1.165, 1.54) is 12.1 Å². The van der Waals surface area contributed by atoms with Crippen molar-refractivity contribution >= 4 is 8.07 Å².